The molecule has 0 fully saturated rings. The number of nitrogens with two attached hydrogens (primary N) is 1. The molecule has 1 rings (SSSR count). The summed E-state index contributed by atoms with van der Waals surface area (Å²) in [7, 11) is 0. The number of amides is 1. The summed E-state index contributed by atoms with van der Waals surface area (Å²) in [6.45, 7) is 9.07. The fourth-order valence-electron chi connectivity index (χ4n) is 1.72. The van der Waals surface area contributed by atoms with Gasteiger partial charge in [-0.3, -0.25) is 9.79 Å². The minimum Gasteiger partial charge on any atom is -0.489 e. The molecule has 8 heteroatoms. The third kappa shape index (κ3) is 9.15. The summed E-state index contributed by atoms with van der Waals surface area (Å²) in [4.78, 5) is 15.8. The minimum absolute atomic E-state index is 0. The van der Waals surface area contributed by atoms with Crippen molar-refractivity contribution in [2.45, 2.75) is 33.8 Å². The molecule has 6 nitrogen and oxygen atoms in total. The number of ether oxygens (including phenoxy) is 1. The molecule has 0 aliphatic heterocycles. The van der Waals surface area contributed by atoms with E-state index in [9.17, 15) is 4.79 Å². The lowest BCUT2D eigenvalue weighted by molar-refractivity contribution is -0.125. The van der Waals surface area contributed by atoms with Crippen LogP contribution >= 0.6 is 35.6 Å². The Hall–Kier alpha value is -1.22. The summed E-state index contributed by atoms with van der Waals surface area (Å²) >= 11 is 5.85. The van der Waals surface area contributed by atoms with Crippen LogP contribution in [0.5, 0.6) is 5.75 Å². The molecule has 0 saturated heterocycles. The van der Waals surface area contributed by atoms with Crippen molar-refractivity contribution < 1.29 is 9.53 Å². The molecule has 0 spiro atoms. The molecule has 0 saturated carbocycles. The van der Waals surface area contributed by atoms with E-state index >= 15 is 0 Å². The zero-order valence-electron chi connectivity index (χ0n) is 15.1. The first-order valence-electron chi connectivity index (χ1n) is 7.99. The smallest absolute Gasteiger partial charge is 0.224 e. The highest BCUT2D eigenvalue weighted by atomic mass is 127. The Morgan fingerprint density at radius 2 is 1.92 bits per heavy atom. The van der Waals surface area contributed by atoms with E-state index < -0.39 is 5.41 Å². The van der Waals surface area contributed by atoms with Crippen LogP contribution in [0.2, 0.25) is 5.02 Å². The summed E-state index contributed by atoms with van der Waals surface area (Å²) in [6, 6.07) is 7.23. The van der Waals surface area contributed by atoms with E-state index in [1.807, 2.05) is 26.0 Å². The third-order valence-corrected chi connectivity index (χ3v) is 3.60. The lowest BCUT2D eigenvalue weighted by Gasteiger charge is -2.20. The van der Waals surface area contributed by atoms with Crippen LogP contribution in [0, 0.1) is 5.41 Å². The van der Waals surface area contributed by atoms with Gasteiger partial charge in [0.05, 0.1) is 18.5 Å². The molecular weight excluding hydrogens is 455 g/mol. The Morgan fingerprint density at radius 3 is 2.44 bits per heavy atom. The fourth-order valence-corrected chi connectivity index (χ4v) is 1.85. The maximum Gasteiger partial charge on any atom is 0.224 e. The Labute approximate surface area is 172 Å². The van der Waals surface area contributed by atoms with Crippen molar-refractivity contribution in [1.29, 1.82) is 0 Å². The zero-order valence-corrected chi connectivity index (χ0v) is 18.2. The van der Waals surface area contributed by atoms with Gasteiger partial charge in [-0.25, -0.2) is 0 Å². The summed E-state index contributed by atoms with van der Waals surface area (Å²) in [5.41, 5.74) is 4.68. The van der Waals surface area contributed by atoms with Gasteiger partial charge < -0.3 is 21.1 Å². The predicted molar refractivity (Wildman–Crippen MR) is 114 cm³/mol. The first kappa shape index (κ1) is 23.8. The van der Waals surface area contributed by atoms with Crippen molar-refractivity contribution in [2.24, 2.45) is 16.1 Å². The van der Waals surface area contributed by atoms with Gasteiger partial charge in [-0.1, -0.05) is 11.6 Å². The molecule has 0 heterocycles. The lowest BCUT2D eigenvalue weighted by Crippen LogP contribution is -2.43. The number of rotatable bonds is 8. The van der Waals surface area contributed by atoms with E-state index in [1.165, 1.54) is 0 Å². The second-order valence-corrected chi connectivity index (χ2v) is 6.64. The molecule has 25 heavy (non-hydrogen) atoms. The third-order valence-electron chi connectivity index (χ3n) is 3.35. The maximum absolute atomic E-state index is 11.4. The second kappa shape index (κ2) is 11.4. The number of benzene rings is 1. The van der Waals surface area contributed by atoms with Crippen LogP contribution in [-0.4, -0.2) is 37.6 Å². The standard InChI is InChI=1S/C17H27ClN4O2.HI/c1-5-20-16(22-11-17(3,4)15(19)23)21-10-12(2)24-14-8-6-13(18)7-9-14;/h6-9,12H,5,10-11H2,1-4H3,(H2,19,23)(H2,20,21,22);1H. The van der Waals surface area contributed by atoms with Crippen molar-refractivity contribution in [1.82, 2.24) is 10.6 Å². The topological polar surface area (TPSA) is 88.7 Å². The number of aliphatic imine (C=N–C) groups is 1. The summed E-state index contributed by atoms with van der Waals surface area (Å²) < 4.78 is 5.80. The van der Waals surface area contributed by atoms with Crippen LogP contribution < -0.4 is 21.1 Å². The Bertz CT molecular complexity index is 564. The quantitative estimate of drug-likeness (QED) is 0.302. The summed E-state index contributed by atoms with van der Waals surface area (Å²) in [6.07, 6.45) is -0.0702. The number of halogens is 2. The van der Waals surface area contributed by atoms with Gasteiger partial charge in [0.1, 0.15) is 11.9 Å². The second-order valence-electron chi connectivity index (χ2n) is 6.21. The first-order valence-corrected chi connectivity index (χ1v) is 8.36. The Balaban J connectivity index is 0.00000576. The number of primary amides is 1. The highest BCUT2D eigenvalue weighted by molar-refractivity contribution is 14.0. The molecule has 4 N–H and O–H groups in total. The Kier molecular flexibility index (Phi) is 10.8. The van der Waals surface area contributed by atoms with Gasteiger partial charge in [0.25, 0.3) is 0 Å². The summed E-state index contributed by atoms with van der Waals surface area (Å²) in [5.74, 6) is 1.01. The molecule has 0 aliphatic rings. The number of hydrogen-bond acceptors (Lipinski definition) is 3. The van der Waals surface area contributed by atoms with Gasteiger partial charge in [-0.15, -0.1) is 24.0 Å². The maximum atomic E-state index is 11.4. The van der Waals surface area contributed by atoms with Crippen molar-refractivity contribution >= 4 is 47.4 Å². The van der Waals surface area contributed by atoms with Gasteiger partial charge in [-0.05, 0) is 52.0 Å². The van der Waals surface area contributed by atoms with E-state index in [2.05, 4.69) is 15.6 Å². The highest BCUT2D eigenvalue weighted by Gasteiger charge is 2.24. The van der Waals surface area contributed by atoms with Gasteiger partial charge in [0, 0.05) is 11.6 Å². The van der Waals surface area contributed by atoms with E-state index in [-0.39, 0.29) is 36.0 Å². The van der Waals surface area contributed by atoms with Crippen molar-refractivity contribution in [3.05, 3.63) is 29.3 Å². The first-order chi connectivity index (χ1) is 11.2. The SMILES string of the molecule is CCNC(=NCC(C)(C)C(N)=O)NCC(C)Oc1ccc(Cl)cc1.I. The average molecular weight is 483 g/mol. The van der Waals surface area contributed by atoms with Gasteiger partial charge in [0.15, 0.2) is 5.96 Å². The number of hydrogen-bond donors (Lipinski definition) is 3. The van der Waals surface area contributed by atoms with Crippen molar-refractivity contribution in [3.8, 4) is 5.75 Å². The highest BCUT2D eigenvalue weighted by Crippen LogP contribution is 2.16. The van der Waals surface area contributed by atoms with Crippen LogP contribution in [0.15, 0.2) is 29.3 Å². The summed E-state index contributed by atoms with van der Waals surface area (Å²) in [5, 5.41) is 7.01. The molecule has 1 unspecified atom stereocenters. The monoisotopic (exact) mass is 482 g/mol. The average Bonchev–Trinajstić information content (AvgIpc) is 2.52. The molecule has 1 amide bonds. The number of carbonyl (C=O) groups is 1. The number of carbonyl (C=O) groups excluding carboxylic acids is 1. The van der Waals surface area contributed by atoms with Crippen LogP contribution in [0.3, 0.4) is 0 Å². The molecule has 0 bridgehead atoms. The van der Waals surface area contributed by atoms with Gasteiger partial charge >= 0.3 is 0 Å². The molecular formula is C17H28ClIN4O2. The van der Waals surface area contributed by atoms with Crippen molar-refractivity contribution in [2.75, 3.05) is 19.6 Å². The minimum atomic E-state index is -0.687. The molecule has 1 aromatic carbocycles. The predicted octanol–water partition coefficient (Wildman–Crippen LogP) is 2.79. The van der Waals surface area contributed by atoms with Gasteiger partial charge in [0.2, 0.25) is 5.91 Å². The molecule has 0 radical (unpaired) electrons. The van der Waals surface area contributed by atoms with Crippen molar-refractivity contribution in [3.63, 3.8) is 0 Å². The van der Waals surface area contributed by atoms with E-state index in [0.717, 1.165) is 12.3 Å². The Morgan fingerprint density at radius 1 is 1.32 bits per heavy atom. The van der Waals surface area contributed by atoms with Crippen LogP contribution in [0.1, 0.15) is 27.7 Å². The zero-order chi connectivity index (χ0) is 18.2. The van der Waals surface area contributed by atoms with Crippen LogP contribution in [-0.2, 0) is 4.79 Å². The molecule has 1 atom stereocenters. The number of guanidine groups is 1. The number of nitrogens with one attached hydrogen (secondary N) is 2. The largest absolute Gasteiger partial charge is 0.489 e. The van der Waals surface area contributed by atoms with E-state index in [0.29, 0.717) is 24.1 Å². The van der Waals surface area contributed by atoms with Gasteiger partial charge in [-0.2, -0.15) is 0 Å². The fraction of sp³-hybridized carbons (Fsp3) is 0.529. The molecule has 1 aromatic rings. The normalized spacial score (nSPS) is 12.8. The van der Waals surface area contributed by atoms with E-state index in [4.69, 9.17) is 22.1 Å². The molecule has 0 aliphatic carbocycles. The van der Waals surface area contributed by atoms with Crippen LogP contribution in [0.4, 0.5) is 0 Å². The van der Waals surface area contributed by atoms with E-state index in [1.54, 1.807) is 26.0 Å². The van der Waals surface area contributed by atoms with Crippen LogP contribution in [0.25, 0.3) is 0 Å². The lowest BCUT2D eigenvalue weighted by atomic mass is 9.93. The molecule has 0 aromatic heterocycles. The molecule has 142 valence electrons. The number of nitrogens with zero attached hydrogens (tertiary/aromatic N) is 1.